The van der Waals surface area contributed by atoms with E-state index in [4.69, 9.17) is 10.5 Å². The fraction of sp³-hybridized carbons (Fsp3) is 0.278. The van der Waals surface area contributed by atoms with E-state index in [1.807, 2.05) is 0 Å². The number of hydrogen-bond acceptors (Lipinski definition) is 5. The highest BCUT2D eigenvalue weighted by molar-refractivity contribution is 5.95. The van der Waals surface area contributed by atoms with Gasteiger partial charge in [0.1, 0.15) is 17.9 Å². The monoisotopic (exact) mass is 397 g/mol. The van der Waals surface area contributed by atoms with Crippen LogP contribution >= 0.6 is 0 Å². The molecular weight excluding hydrogens is 379 g/mol. The number of hydrogen-bond donors (Lipinski definition) is 2. The normalized spacial score (nSPS) is 11.8. The highest BCUT2D eigenvalue weighted by atomic mass is 19.4. The van der Waals surface area contributed by atoms with E-state index in [1.54, 1.807) is 38.1 Å². The smallest absolute Gasteiger partial charge is 0.423 e. The molecule has 0 fully saturated rings. The number of rotatable bonds is 6. The van der Waals surface area contributed by atoms with Gasteiger partial charge in [0.05, 0.1) is 10.3 Å². The van der Waals surface area contributed by atoms with E-state index in [1.165, 1.54) is 0 Å². The van der Waals surface area contributed by atoms with Gasteiger partial charge in [0.2, 0.25) is 5.91 Å². The first-order valence-electron chi connectivity index (χ1n) is 8.05. The third kappa shape index (κ3) is 5.12. The second-order valence-corrected chi connectivity index (χ2v) is 6.68. The molecule has 0 spiro atoms. The molecule has 2 aromatic carbocycles. The zero-order chi connectivity index (χ0) is 21.1. The van der Waals surface area contributed by atoms with Gasteiger partial charge in [-0.15, -0.1) is 0 Å². The highest BCUT2D eigenvalue weighted by Gasteiger charge is 2.39. The Balaban J connectivity index is 2.14. The number of nitrogens with one attached hydrogen (secondary N) is 1. The number of anilines is 2. The van der Waals surface area contributed by atoms with Gasteiger partial charge in [-0.3, -0.25) is 14.9 Å². The topological polar surface area (TPSA) is 107 Å². The Kier molecular flexibility index (Phi) is 5.81. The number of ether oxygens (including phenoxy) is 1. The molecule has 0 unspecified atom stereocenters. The van der Waals surface area contributed by atoms with E-state index in [-0.39, 0.29) is 12.3 Å². The fourth-order valence-corrected chi connectivity index (χ4v) is 2.19. The molecule has 0 aliphatic heterocycles. The van der Waals surface area contributed by atoms with Crippen molar-refractivity contribution in [3.8, 4) is 5.75 Å². The summed E-state index contributed by atoms with van der Waals surface area (Å²) in [5.41, 5.74) is 2.29. The van der Waals surface area contributed by atoms with Gasteiger partial charge in [-0.2, -0.15) is 13.2 Å². The molecule has 0 saturated heterocycles. The molecule has 10 heteroatoms. The Morgan fingerprint density at radius 1 is 1.18 bits per heavy atom. The van der Waals surface area contributed by atoms with Crippen molar-refractivity contribution in [2.45, 2.75) is 20.0 Å². The summed E-state index contributed by atoms with van der Waals surface area (Å²) in [6.07, 6.45) is -4.93. The van der Waals surface area contributed by atoms with Crippen molar-refractivity contribution in [2.24, 2.45) is 5.41 Å². The third-order valence-electron chi connectivity index (χ3n) is 3.85. The SMILES string of the molecule is CC(C)(COc1ccc(N)cc1)C(=O)Nc1ccc([N+](=O)[O-])c(C(F)(F)F)c1. The number of halogens is 3. The van der Waals surface area contributed by atoms with E-state index < -0.39 is 33.7 Å². The predicted octanol–water partition coefficient (Wildman–Crippen LogP) is 4.24. The van der Waals surface area contributed by atoms with Gasteiger partial charge in [-0.1, -0.05) is 0 Å². The van der Waals surface area contributed by atoms with Crippen molar-refractivity contribution in [2.75, 3.05) is 17.7 Å². The first-order valence-corrected chi connectivity index (χ1v) is 8.05. The third-order valence-corrected chi connectivity index (χ3v) is 3.85. The van der Waals surface area contributed by atoms with E-state index in [9.17, 15) is 28.1 Å². The first-order chi connectivity index (χ1) is 12.9. The van der Waals surface area contributed by atoms with Crippen LogP contribution in [0.5, 0.6) is 5.75 Å². The second kappa shape index (κ2) is 7.75. The molecule has 2 aromatic rings. The van der Waals surface area contributed by atoms with Gasteiger partial charge in [0.25, 0.3) is 5.69 Å². The van der Waals surface area contributed by atoms with Crippen LogP contribution in [0.4, 0.5) is 30.2 Å². The highest BCUT2D eigenvalue weighted by Crippen LogP contribution is 2.37. The van der Waals surface area contributed by atoms with Crippen LogP contribution in [0.2, 0.25) is 0 Å². The number of nitro benzene ring substituents is 1. The van der Waals surface area contributed by atoms with E-state index >= 15 is 0 Å². The quantitative estimate of drug-likeness (QED) is 0.431. The molecule has 0 saturated carbocycles. The lowest BCUT2D eigenvalue weighted by Gasteiger charge is -2.24. The Morgan fingerprint density at radius 3 is 2.32 bits per heavy atom. The van der Waals surface area contributed by atoms with E-state index in [2.05, 4.69) is 5.32 Å². The van der Waals surface area contributed by atoms with E-state index in [0.29, 0.717) is 23.6 Å². The number of carbonyl (C=O) groups is 1. The summed E-state index contributed by atoms with van der Waals surface area (Å²) in [5.74, 6) is -0.130. The molecule has 0 bridgehead atoms. The van der Waals surface area contributed by atoms with Crippen LogP contribution in [0.1, 0.15) is 19.4 Å². The number of nitrogens with two attached hydrogens (primary N) is 1. The fourth-order valence-electron chi connectivity index (χ4n) is 2.19. The van der Waals surface area contributed by atoms with Crippen LogP contribution in [-0.4, -0.2) is 17.4 Å². The van der Waals surface area contributed by atoms with Gasteiger partial charge in [-0.25, -0.2) is 0 Å². The average molecular weight is 397 g/mol. The van der Waals surface area contributed by atoms with Crippen molar-refractivity contribution < 1.29 is 27.6 Å². The molecule has 7 nitrogen and oxygen atoms in total. The van der Waals surface area contributed by atoms with Crippen LogP contribution in [-0.2, 0) is 11.0 Å². The maximum absolute atomic E-state index is 13.1. The van der Waals surface area contributed by atoms with Crippen LogP contribution in [0.25, 0.3) is 0 Å². The maximum Gasteiger partial charge on any atom is 0.423 e. The van der Waals surface area contributed by atoms with Gasteiger partial charge in [0.15, 0.2) is 0 Å². The van der Waals surface area contributed by atoms with Crippen LogP contribution in [0, 0.1) is 15.5 Å². The molecule has 0 aromatic heterocycles. The molecule has 0 radical (unpaired) electrons. The molecule has 3 N–H and O–H groups in total. The summed E-state index contributed by atoms with van der Waals surface area (Å²) in [6, 6.07) is 8.77. The number of nitrogen functional groups attached to an aromatic ring is 1. The standard InChI is InChI=1S/C18H18F3N3O4/c1-17(2,10-28-13-6-3-11(22)4-7-13)16(25)23-12-5-8-15(24(26)27)14(9-12)18(19,20)21/h3-9H,10,22H2,1-2H3,(H,23,25). The number of nitro groups is 1. The Hall–Kier alpha value is -3.30. The van der Waals surface area contributed by atoms with E-state index in [0.717, 1.165) is 6.07 Å². The van der Waals surface area contributed by atoms with Gasteiger partial charge < -0.3 is 15.8 Å². The lowest BCUT2D eigenvalue weighted by atomic mass is 9.93. The summed E-state index contributed by atoms with van der Waals surface area (Å²) >= 11 is 0. The van der Waals surface area contributed by atoms with Crippen LogP contribution in [0.15, 0.2) is 42.5 Å². The Morgan fingerprint density at radius 2 is 1.79 bits per heavy atom. The molecule has 0 aliphatic carbocycles. The average Bonchev–Trinajstić information content (AvgIpc) is 2.60. The number of amides is 1. The second-order valence-electron chi connectivity index (χ2n) is 6.68. The summed E-state index contributed by atoms with van der Waals surface area (Å²) in [5, 5.41) is 13.1. The van der Waals surface area contributed by atoms with Gasteiger partial charge >= 0.3 is 6.18 Å². The lowest BCUT2D eigenvalue weighted by Crippen LogP contribution is -2.36. The maximum atomic E-state index is 13.1. The molecule has 2 rings (SSSR count). The Bertz CT molecular complexity index is 881. The zero-order valence-corrected chi connectivity index (χ0v) is 15.0. The molecule has 0 atom stereocenters. The van der Waals surface area contributed by atoms with Crippen LogP contribution < -0.4 is 15.8 Å². The summed E-state index contributed by atoms with van der Waals surface area (Å²) in [4.78, 5) is 22.1. The molecule has 0 heterocycles. The minimum atomic E-state index is -4.93. The minimum Gasteiger partial charge on any atom is -0.492 e. The van der Waals surface area contributed by atoms with Crippen LogP contribution in [0.3, 0.4) is 0 Å². The summed E-state index contributed by atoms with van der Waals surface area (Å²) in [7, 11) is 0. The number of benzene rings is 2. The van der Waals surface area contributed by atoms with Crippen molar-refractivity contribution in [3.05, 3.63) is 58.1 Å². The minimum absolute atomic E-state index is 0.0537. The molecule has 0 aliphatic rings. The number of alkyl halides is 3. The lowest BCUT2D eigenvalue weighted by molar-refractivity contribution is -0.388. The molecule has 28 heavy (non-hydrogen) atoms. The summed E-state index contributed by atoms with van der Waals surface area (Å²) in [6.45, 7) is 3.05. The van der Waals surface area contributed by atoms with Crippen molar-refractivity contribution in [1.82, 2.24) is 0 Å². The number of carbonyl (C=O) groups excluding carboxylic acids is 1. The largest absolute Gasteiger partial charge is 0.492 e. The van der Waals surface area contributed by atoms with Gasteiger partial charge in [0, 0.05) is 17.4 Å². The molecule has 150 valence electrons. The Labute approximate surface area is 158 Å². The van der Waals surface area contributed by atoms with Crippen molar-refractivity contribution >= 4 is 23.0 Å². The van der Waals surface area contributed by atoms with Crippen molar-refractivity contribution in [1.29, 1.82) is 0 Å². The van der Waals surface area contributed by atoms with Crippen molar-refractivity contribution in [3.63, 3.8) is 0 Å². The summed E-state index contributed by atoms with van der Waals surface area (Å²) < 4.78 is 44.7. The zero-order valence-electron chi connectivity index (χ0n) is 15.0. The predicted molar refractivity (Wildman–Crippen MR) is 96.9 cm³/mol. The number of nitrogens with zero attached hydrogens (tertiary/aromatic N) is 1. The first kappa shape index (κ1) is 21.0. The van der Waals surface area contributed by atoms with Gasteiger partial charge in [-0.05, 0) is 50.2 Å². The molecular formula is C18H18F3N3O4. The molecule has 1 amide bonds.